The lowest BCUT2D eigenvalue weighted by molar-refractivity contribution is -0.116. The van der Waals surface area contributed by atoms with Gasteiger partial charge in [0.2, 0.25) is 5.91 Å². The molecule has 2 rings (SSSR count). The highest BCUT2D eigenvalue weighted by Gasteiger charge is 2.06. The smallest absolute Gasteiger partial charge is 0.225 e. The first-order valence-electron chi connectivity index (χ1n) is 6.35. The average molecular weight is 296 g/mol. The number of aromatic nitrogens is 2. The van der Waals surface area contributed by atoms with Crippen molar-refractivity contribution in [2.45, 2.75) is 26.3 Å². The quantitative estimate of drug-likeness (QED) is 0.918. The van der Waals surface area contributed by atoms with E-state index >= 15 is 0 Å². The van der Waals surface area contributed by atoms with Crippen LogP contribution in [-0.2, 0) is 11.3 Å². The van der Waals surface area contributed by atoms with E-state index in [0.717, 1.165) is 12.0 Å². The summed E-state index contributed by atoms with van der Waals surface area (Å²) in [6, 6.07) is 5.96. The van der Waals surface area contributed by atoms with Crippen molar-refractivity contribution in [2.24, 2.45) is 0 Å². The number of nitrogens with zero attached hydrogens (tertiary/aromatic N) is 2. The third-order valence-corrected chi connectivity index (χ3v) is 3.08. The molecule has 0 fully saturated rings. The highest BCUT2D eigenvalue weighted by Crippen LogP contribution is 2.18. The van der Waals surface area contributed by atoms with Gasteiger partial charge in [0.25, 0.3) is 0 Å². The summed E-state index contributed by atoms with van der Waals surface area (Å²) in [7, 11) is 0. The molecule has 0 unspecified atom stereocenters. The molecule has 4 nitrogen and oxygen atoms in total. The van der Waals surface area contributed by atoms with Crippen LogP contribution in [0, 0.1) is 5.82 Å². The number of rotatable bonds is 5. The first-order valence-corrected chi connectivity index (χ1v) is 6.73. The zero-order valence-corrected chi connectivity index (χ0v) is 11.8. The van der Waals surface area contributed by atoms with Crippen molar-refractivity contribution in [2.75, 3.05) is 5.32 Å². The number of halogens is 2. The monoisotopic (exact) mass is 295 g/mol. The van der Waals surface area contributed by atoms with Crippen molar-refractivity contribution < 1.29 is 9.18 Å². The van der Waals surface area contributed by atoms with Crippen LogP contribution in [0.1, 0.15) is 25.3 Å². The van der Waals surface area contributed by atoms with Crippen molar-refractivity contribution in [3.8, 4) is 0 Å². The highest BCUT2D eigenvalue weighted by atomic mass is 35.5. The number of hydrogen-bond acceptors (Lipinski definition) is 2. The second-order valence-corrected chi connectivity index (χ2v) is 4.84. The van der Waals surface area contributed by atoms with Gasteiger partial charge in [0.15, 0.2) is 5.82 Å². The van der Waals surface area contributed by atoms with Gasteiger partial charge in [-0.15, -0.1) is 0 Å². The van der Waals surface area contributed by atoms with Crippen molar-refractivity contribution in [1.82, 2.24) is 9.78 Å². The molecule has 0 aliphatic carbocycles. The highest BCUT2D eigenvalue weighted by molar-refractivity contribution is 6.31. The zero-order valence-electron chi connectivity index (χ0n) is 11.1. The van der Waals surface area contributed by atoms with Crippen LogP contribution < -0.4 is 5.32 Å². The molecule has 1 aromatic carbocycles. The number of nitrogens with one attached hydrogen (secondary N) is 1. The first kappa shape index (κ1) is 14.5. The Labute approximate surface area is 121 Å². The Morgan fingerprint density at radius 2 is 2.25 bits per heavy atom. The summed E-state index contributed by atoms with van der Waals surface area (Å²) >= 11 is 5.96. The number of benzene rings is 1. The minimum atomic E-state index is -0.369. The fourth-order valence-corrected chi connectivity index (χ4v) is 2.00. The average Bonchev–Trinajstić information content (AvgIpc) is 2.80. The second-order valence-electron chi connectivity index (χ2n) is 4.43. The third-order valence-electron chi connectivity index (χ3n) is 2.73. The van der Waals surface area contributed by atoms with E-state index in [1.54, 1.807) is 23.0 Å². The lowest BCUT2D eigenvalue weighted by Crippen LogP contribution is -2.11. The van der Waals surface area contributed by atoms with Crippen molar-refractivity contribution >= 4 is 23.3 Å². The SMILES string of the molecule is CCCC(=O)Nc1ccn(Cc2ccc(F)cc2Cl)n1. The Kier molecular flexibility index (Phi) is 4.74. The summed E-state index contributed by atoms with van der Waals surface area (Å²) in [5, 5.41) is 7.29. The van der Waals surface area contributed by atoms with E-state index in [1.165, 1.54) is 12.1 Å². The van der Waals surface area contributed by atoms with Crippen LogP contribution in [0.5, 0.6) is 0 Å². The van der Waals surface area contributed by atoms with Gasteiger partial charge in [-0.1, -0.05) is 24.6 Å². The van der Waals surface area contributed by atoms with Crippen molar-refractivity contribution in [1.29, 1.82) is 0 Å². The van der Waals surface area contributed by atoms with Gasteiger partial charge in [-0.25, -0.2) is 4.39 Å². The molecule has 0 spiro atoms. The molecule has 0 aliphatic heterocycles. The van der Waals surface area contributed by atoms with Gasteiger partial charge in [0.05, 0.1) is 6.54 Å². The maximum absolute atomic E-state index is 13.0. The molecular weight excluding hydrogens is 281 g/mol. The summed E-state index contributed by atoms with van der Waals surface area (Å²) in [5.74, 6) is 0.0750. The van der Waals surface area contributed by atoms with E-state index in [9.17, 15) is 9.18 Å². The summed E-state index contributed by atoms with van der Waals surface area (Å²) in [6.45, 7) is 2.36. The maximum atomic E-state index is 13.0. The van der Waals surface area contributed by atoms with E-state index in [1.807, 2.05) is 6.92 Å². The lowest BCUT2D eigenvalue weighted by Gasteiger charge is -2.05. The minimum absolute atomic E-state index is 0.0578. The molecule has 0 bridgehead atoms. The molecule has 1 N–H and O–H groups in total. The van der Waals surface area contributed by atoms with E-state index in [2.05, 4.69) is 10.4 Å². The minimum Gasteiger partial charge on any atom is -0.309 e. The van der Waals surface area contributed by atoms with Gasteiger partial charge in [-0.3, -0.25) is 9.48 Å². The predicted octanol–water partition coefficient (Wildman–Crippen LogP) is 3.46. The molecule has 0 atom stereocenters. The van der Waals surface area contributed by atoms with Crippen LogP contribution in [-0.4, -0.2) is 15.7 Å². The number of carbonyl (C=O) groups is 1. The Hall–Kier alpha value is -1.88. The van der Waals surface area contributed by atoms with Crippen molar-refractivity contribution in [3.05, 3.63) is 46.9 Å². The van der Waals surface area contributed by atoms with Gasteiger partial charge < -0.3 is 5.32 Å². The van der Waals surface area contributed by atoms with E-state index < -0.39 is 0 Å². The van der Waals surface area contributed by atoms with Crippen molar-refractivity contribution in [3.63, 3.8) is 0 Å². The maximum Gasteiger partial charge on any atom is 0.225 e. The lowest BCUT2D eigenvalue weighted by atomic mass is 10.2. The Bertz CT molecular complexity index is 612. The molecule has 106 valence electrons. The van der Waals surface area contributed by atoms with Gasteiger partial charge in [-0.2, -0.15) is 5.10 Å². The molecule has 1 aromatic heterocycles. The van der Waals surface area contributed by atoms with Gasteiger partial charge in [-0.05, 0) is 24.1 Å². The van der Waals surface area contributed by atoms with Crippen LogP contribution in [0.2, 0.25) is 5.02 Å². The second kappa shape index (κ2) is 6.52. The fourth-order valence-electron chi connectivity index (χ4n) is 1.77. The summed E-state index contributed by atoms with van der Waals surface area (Å²) in [4.78, 5) is 11.4. The molecule has 0 radical (unpaired) electrons. The van der Waals surface area contributed by atoms with Crippen LogP contribution in [0.25, 0.3) is 0 Å². The Morgan fingerprint density at radius 1 is 1.45 bits per heavy atom. The van der Waals surface area contributed by atoms with Crippen LogP contribution >= 0.6 is 11.6 Å². The summed E-state index contributed by atoms with van der Waals surface area (Å²) < 4.78 is 14.6. The van der Waals surface area contributed by atoms with Crippen LogP contribution in [0.15, 0.2) is 30.5 Å². The number of anilines is 1. The zero-order chi connectivity index (χ0) is 14.5. The molecule has 1 amide bonds. The molecule has 20 heavy (non-hydrogen) atoms. The largest absolute Gasteiger partial charge is 0.309 e. The molecule has 6 heteroatoms. The fraction of sp³-hybridized carbons (Fsp3) is 0.286. The predicted molar refractivity (Wildman–Crippen MR) is 76.3 cm³/mol. The number of hydrogen-bond donors (Lipinski definition) is 1. The topological polar surface area (TPSA) is 46.9 Å². The standard InChI is InChI=1S/C14H15ClFN3O/c1-2-3-14(20)17-13-6-7-19(18-13)9-10-4-5-11(16)8-12(10)15/h4-8H,2-3,9H2,1H3,(H,17,18,20). The Morgan fingerprint density at radius 3 is 2.95 bits per heavy atom. The van der Waals surface area contributed by atoms with Gasteiger partial charge >= 0.3 is 0 Å². The Balaban J connectivity index is 2.04. The normalized spacial score (nSPS) is 10.6. The van der Waals surface area contributed by atoms with E-state index in [0.29, 0.717) is 23.8 Å². The van der Waals surface area contributed by atoms with E-state index in [-0.39, 0.29) is 11.7 Å². The first-order chi connectivity index (χ1) is 9.58. The number of amides is 1. The van der Waals surface area contributed by atoms with Gasteiger partial charge in [0, 0.05) is 23.7 Å². The van der Waals surface area contributed by atoms with E-state index in [4.69, 9.17) is 11.6 Å². The molecule has 0 aliphatic rings. The van der Waals surface area contributed by atoms with Crippen LogP contribution in [0.4, 0.5) is 10.2 Å². The molecule has 2 aromatic rings. The number of carbonyl (C=O) groups excluding carboxylic acids is 1. The third kappa shape index (κ3) is 3.81. The van der Waals surface area contributed by atoms with Gasteiger partial charge in [0.1, 0.15) is 5.82 Å². The van der Waals surface area contributed by atoms with Crippen LogP contribution in [0.3, 0.4) is 0 Å². The molecule has 0 saturated carbocycles. The summed E-state index contributed by atoms with van der Waals surface area (Å²) in [5.41, 5.74) is 0.766. The molecule has 1 heterocycles. The molecule has 0 saturated heterocycles. The molecular formula is C14H15ClFN3O. The summed E-state index contributed by atoms with van der Waals surface area (Å²) in [6.07, 6.45) is 3.00.